The molecule has 2 N–H and O–H groups in total. The van der Waals surface area contributed by atoms with Gasteiger partial charge in [-0.2, -0.15) is 0 Å². The SMILES string of the molecule is COCCCN1C(=O)C(Nc2ccc(Br)cc2)=C(Sc2ccc(NC(=O)c3ccc(Br)cc3)cc2)C1=O. The maximum Gasteiger partial charge on any atom is 0.278 e. The molecular formula is C27H23Br2N3O4S. The van der Waals surface area contributed by atoms with Crippen LogP contribution in [0.3, 0.4) is 0 Å². The number of halogens is 2. The van der Waals surface area contributed by atoms with Crippen LogP contribution in [0.25, 0.3) is 0 Å². The van der Waals surface area contributed by atoms with Crippen LogP contribution in [0.15, 0.2) is 97.2 Å². The summed E-state index contributed by atoms with van der Waals surface area (Å²) in [6.07, 6.45) is 0.546. The molecule has 0 bridgehead atoms. The molecule has 0 saturated carbocycles. The molecule has 1 aliphatic rings. The molecule has 0 atom stereocenters. The fraction of sp³-hybridized carbons (Fsp3) is 0.148. The molecule has 3 aromatic rings. The normalized spacial score (nSPS) is 13.3. The van der Waals surface area contributed by atoms with E-state index in [0.29, 0.717) is 34.9 Å². The van der Waals surface area contributed by atoms with Gasteiger partial charge in [0.05, 0.1) is 0 Å². The molecule has 0 spiro atoms. The third kappa shape index (κ3) is 6.89. The molecule has 7 nitrogen and oxygen atoms in total. The lowest BCUT2D eigenvalue weighted by molar-refractivity contribution is -0.137. The Morgan fingerprint density at radius 2 is 1.46 bits per heavy atom. The van der Waals surface area contributed by atoms with Crippen molar-refractivity contribution in [2.24, 2.45) is 0 Å². The number of nitrogens with one attached hydrogen (secondary N) is 2. The largest absolute Gasteiger partial charge is 0.385 e. The number of hydrogen-bond acceptors (Lipinski definition) is 6. The first-order valence-corrected chi connectivity index (χ1v) is 13.7. The van der Waals surface area contributed by atoms with Gasteiger partial charge in [-0.15, -0.1) is 0 Å². The number of methoxy groups -OCH3 is 1. The Kier molecular flexibility index (Phi) is 9.20. The van der Waals surface area contributed by atoms with E-state index >= 15 is 0 Å². The molecule has 0 unspecified atom stereocenters. The summed E-state index contributed by atoms with van der Waals surface area (Å²) in [5, 5.41) is 6.00. The number of amides is 3. The summed E-state index contributed by atoms with van der Waals surface area (Å²) < 4.78 is 6.88. The summed E-state index contributed by atoms with van der Waals surface area (Å²) in [4.78, 5) is 41.2. The van der Waals surface area contributed by atoms with E-state index in [1.807, 2.05) is 24.3 Å². The molecule has 0 saturated heterocycles. The van der Waals surface area contributed by atoms with Crippen molar-refractivity contribution in [3.63, 3.8) is 0 Å². The second-order valence-electron chi connectivity index (χ2n) is 8.03. The van der Waals surface area contributed by atoms with Gasteiger partial charge in [0.1, 0.15) is 10.6 Å². The van der Waals surface area contributed by atoms with Crippen LogP contribution >= 0.6 is 43.6 Å². The minimum absolute atomic E-state index is 0.222. The average Bonchev–Trinajstić information content (AvgIpc) is 3.11. The second-order valence-corrected chi connectivity index (χ2v) is 10.9. The summed E-state index contributed by atoms with van der Waals surface area (Å²) in [7, 11) is 1.58. The highest BCUT2D eigenvalue weighted by molar-refractivity contribution is 9.10. The van der Waals surface area contributed by atoms with Crippen molar-refractivity contribution in [3.8, 4) is 0 Å². The van der Waals surface area contributed by atoms with E-state index in [2.05, 4.69) is 42.5 Å². The maximum atomic E-state index is 13.2. The minimum Gasteiger partial charge on any atom is -0.385 e. The second kappa shape index (κ2) is 12.6. The minimum atomic E-state index is -0.370. The highest BCUT2D eigenvalue weighted by Gasteiger charge is 2.38. The van der Waals surface area contributed by atoms with E-state index in [1.165, 1.54) is 16.7 Å². The molecule has 3 aromatic carbocycles. The zero-order chi connectivity index (χ0) is 26.4. The monoisotopic (exact) mass is 643 g/mol. The topological polar surface area (TPSA) is 87.7 Å². The quantitative estimate of drug-likeness (QED) is 0.199. The van der Waals surface area contributed by atoms with Crippen LogP contribution in [0, 0.1) is 0 Å². The molecule has 190 valence electrons. The van der Waals surface area contributed by atoms with Crippen LogP contribution in [-0.4, -0.2) is 42.9 Å². The third-order valence-corrected chi connectivity index (χ3v) is 7.56. The van der Waals surface area contributed by atoms with Crippen molar-refractivity contribution in [2.75, 3.05) is 30.9 Å². The van der Waals surface area contributed by atoms with E-state index in [-0.39, 0.29) is 30.0 Å². The number of benzene rings is 3. The van der Waals surface area contributed by atoms with Crippen molar-refractivity contribution in [2.45, 2.75) is 11.3 Å². The molecule has 0 radical (unpaired) electrons. The van der Waals surface area contributed by atoms with Gasteiger partial charge in [-0.3, -0.25) is 19.3 Å². The molecule has 0 aliphatic carbocycles. The standard InChI is InChI=1S/C27H23Br2N3O4S/c1-36-16-2-15-32-26(34)23(30-20-9-7-19(29)8-10-20)24(27(32)35)37-22-13-11-21(12-14-22)31-25(33)17-3-5-18(28)6-4-17/h3-14,30H,2,15-16H2,1H3,(H,31,33). The lowest BCUT2D eigenvalue weighted by Crippen LogP contribution is -2.33. The van der Waals surface area contributed by atoms with E-state index in [9.17, 15) is 14.4 Å². The van der Waals surface area contributed by atoms with Crippen LogP contribution in [0.2, 0.25) is 0 Å². The van der Waals surface area contributed by atoms with Gasteiger partial charge < -0.3 is 15.4 Å². The average molecular weight is 645 g/mol. The van der Waals surface area contributed by atoms with Crippen molar-refractivity contribution >= 4 is 72.7 Å². The number of hydrogen-bond donors (Lipinski definition) is 2. The van der Waals surface area contributed by atoms with Crippen LogP contribution in [-0.2, 0) is 14.3 Å². The van der Waals surface area contributed by atoms with Crippen molar-refractivity contribution < 1.29 is 19.1 Å². The Morgan fingerprint density at radius 1 is 0.865 bits per heavy atom. The Bertz CT molecular complexity index is 1330. The summed E-state index contributed by atoms with van der Waals surface area (Å²) >= 11 is 7.97. The zero-order valence-electron chi connectivity index (χ0n) is 19.8. The van der Waals surface area contributed by atoms with E-state index in [1.54, 1.807) is 55.6 Å². The fourth-order valence-electron chi connectivity index (χ4n) is 3.54. The van der Waals surface area contributed by atoms with Crippen LogP contribution < -0.4 is 10.6 Å². The first-order chi connectivity index (χ1) is 17.9. The van der Waals surface area contributed by atoms with Gasteiger partial charge in [0.25, 0.3) is 17.7 Å². The van der Waals surface area contributed by atoms with Crippen molar-refractivity contribution in [1.82, 2.24) is 4.90 Å². The van der Waals surface area contributed by atoms with Gasteiger partial charge in [-0.05, 0) is 79.2 Å². The smallest absolute Gasteiger partial charge is 0.278 e. The lowest BCUT2D eigenvalue weighted by Gasteiger charge is -2.14. The van der Waals surface area contributed by atoms with Gasteiger partial charge in [0.15, 0.2) is 0 Å². The number of ether oxygens (including phenoxy) is 1. The predicted octanol–water partition coefficient (Wildman–Crippen LogP) is 6.29. The molecule has 0 aromatic heterocycles. The Morgan fingerprint density at radius 3 is 2.08 bits per heavy atom. The number of carbonyl (C=O) groups is 3. The molecule has 0 fully saturated rings. The van der Waals surface area contributed by atoms with Gasteiger partial charge in [0, 0.05) is 51.0 Å². The Labute approximate surface area is 235 Å². The van der Waals surface area contributed by atoms with Crippen molar-refractivity contribution in [1.29, 1.82) is 0 Å². The van der Waals surface area contributed by atoms with E-state index in [4.69, 9.17) is 4.74 Å². The Balaban J connectivity index is 1.52. The Hall–Kier alpha value is -2.92. The zero-order valence-corrected chi connectivity index (χ0v) is 23.8. The summed E-state index contributed by atoms with van der Waals surface area (Å²) in [5.41, 5.74) is 2.10. The molecule has 37 heavy (non-hydrogen) atoms. The highest BCUT2D eigenvalue weighted by Crippen LogP contribution is 2.36. The van der Waals surface area contributed by atoms with Gasteiger partial charge in [0.2, 0.25) is 0 Å². The van der Waals surface area contributed by atoms with Gasteiger partial charge in [-0.25, -0.2) is 0 Å². The molecule has 10 heteroatoms. The molecule has 1 aliphatic heterocycles. The number of nitrogens with zero attached hydrogens (tertiary/aromatic N) is 1. The number of anilines is 2. The maximum absolute atomic E-state index is 13.2. The molecule has 3 amide bonds. The molecule has 4 rings (SSSR count). The first-order valence-electron chi connectivity index (χ1n) is 11.3. The summed E-state index contributed by atoms with van der Waals surface area (Å²) in [5.74, 6) is -0.942. The third-order valence-electron chi connectivity index (χ3n) is 5.41. The number of rotatable bonds is 10. The summed E-state index contributed by atoms with van der Waals surface area (Å²) in [6.45, 7) is 0.713. The summed E-state index contributed by atoms with van der Waals surface area (Å²) in [6, 6.07) is 21.6. The number of carbonyl (C=O) groups excluding carboxylic acids is 3. The molecular weight excluding hydrogens is 622 g/mol. The first kappa shape index (κ1) is 27.1. The van der Waals surface area contributed by atoms with Gasteiger partial charge in [-0.1, -0.05) is 43.6 Å². The van der Waals surface area contributed by atoms with Gasteiger partial charge >= 0.3 is 0 Å². The number of imide groups is 1. The number of thioether (sulfide) groups is 1. The fourth-order valence-corrected chi connectivity index (χ4v) is 5.01. The predicted molar refractivity (Wildman–Crippen MR) is 152 cm³/mol. The van der Waals surface area contributed by atoms with Crippen molar-refractivity contribution in [3.05, 3.63) is 97.9 Å². The lowest BCUT2D eigenvalue weighted by atomic mass is 10.2. The van der Waals surface area contributed by atoms with Crippen LogP contribution in [0.1, 0.15) is 16.8 Å². The molecule has 1 heterocycles. The highest BCUT2D eigenvalue weighted by atomic mass is 79.9. The van der Waals surface area contributed by atoms with E-state index in [0.717, 1.165) is 13.8 Å². The van der Waals surface area contributed by atoms with Crippen LogP contribution in [0.4, 0.5) is 11.4 Å². The van der Waals surface area contributed by atoms with E-state index < -0.39 is 0 Å². The van der Waals surface area contributed by atoms with Crippen LogP contribution in [0.5, 0.6) is 0 Å².